The number of halogens is 2. The first-order chi connectivity index (χ1) is 10.5. The summed E-state index contributed by atoms with van der Waals surface area (Å²) < 4.78 is 5.34. The van der Waals surface area contributed by atoms with Gasteiger partial charge in [-0.2, -0.15) is 0 Å². The van der Waals surface area contributed by atoms with Crippen molar-refractivity contribution in [2.75, 3.05) is 19.6 Å². The number of likely N-dealkylation sites (tertiary alicyclic amines) is 1. The summed E-state index contributed by atoms with van der Waals surface area (Å²) in [5.41, 5.74) is 7.96. The fourth-order valence-corrected chi connectivity index (χ4v) is 2.88. The second-order valence-corrected chi connectivity index (χ2v) is 6.30. The minimum absolute atomic E-state index is 0. The highest BCUT2D eigenvalue weighted by atomic mass is 35.5. The topological polar surface area (TPSA) is 72.4 Å². The first-order valence-electron chi connectivity index (χ1n) is 7.53. The predicted octanol–water partition coefficient (Wildman–Crippen LogP) is 3.30. The summed E-state index contributed by atoms with van der Waals surface area (Å²) in [4.78, 5) is 19.1. The van der Waals surface area contributed by atoms with Gasteiger partial charge >= 0.3 is 0 Å². The molecule has 1 atom stereocenters. The molecule has 1 unspecified atom stereocenters. The number of amides is 1. The predicted molar refractivity (Wildman–Crippen MR) is 98.9 cm³/mol. The molecule has 0 spiro atoms. The maximum absolute atomic E-state index is 12.7. The zero-order valence-electron chi connectivity index (χ0n) is 13.8. The van der Waals surface area contributed by atoms with E-state index in [-0.39, 0.29) is 36.1 Å². The summed E-state index contributed by atoms with van der Waals surface area (Å²) in [5, 5.41) is 0. The van der Waals surface area contributed by atoms with E-state index in [4.69, 9.17) is 10.2 Å². The quantitative estimate of drug-likeness (QED) is 0.897. The number of carbonyl (C=O) groups is 1. The molecule has 2 N–H and O–H groups in total. The van der Waals surface area contributed by atoms with Crippen LogP contribution in [0.1, 0.15) is 29.4 Å². The molecule has 0 radical (unpaired) electrons. The fourth-order valence-electron chi connectivity index (χ4n) is 2.88. The monoisotopic (exact) mass is 371 g/mol. The molecular formula is C17H23Cl2N3O2. The molecule has 7 heteroatoms. The Morgan fingerprint density at radius 2 is 2.12 bits per heavy atom. The van der Waals surface area contributed by atoms with Gasteiger partial charge in [0.1, 0.15) is 5.69 Å². The Morgan fingerprint density at radius 1 is 1.38 bits per heavy atom. The van der Waals surface area contributed by atoms with Crippen molar-refractivity contribution >= 4 is 30.7 Å². The Hall–Kier alpha value is -1.56. The largest absolute Gasteiger partial charge is 0.463 e. The molecule has 1 fully saturated rings. The zero-order valence-corrected chi connectivity index (χ0v) is 15.5. The van der Waals surface area contributed by atoms with E-state index < -0.39 is 0 Å². The highest BCUT2D eigenvalue weighted by Gasteiger charge is 2.35. The number of aryl methyl sites for hydroxylation is 1. The van der Waals surface area contributed by atoms with Crippen LogP contribution >= 0.6 is 24.8 Å². The minimum atomic E-state index is 0. The van der Waals surface area contributed by atoms with Gasteiger partial charge in [0.15, 0.2) is 5.76 Å². The van der Waals surface area contributed by atoms with Crippen molar-refractivity contribution in [1.82, 2.24) is 9.88 Å². The smallest absolute Gasteiger partial charge is 0.255 e. The van der Waals surface area contributed by atoms with Gasteiger partial charge in [0.2, 0.25) is 0 Å². The second kappa shape index (κ2) is 8.01. The maximum Gasteiger partial charge on any atom is 0.255 e. The van der Waals surface area contributed by atoms with Crippen LogP contribution in [0.15, 0.2) is 34.9 Å². The fraction of sp³-hybridized carbons (Fsp3) is 0.412. The van der Waals surface area contributed by atoms with Crippen LogP contribution < -0.4 is 5.73 Å². The van der Waals surface area contributed by atoms with E-state index >= 15 is 0 Å². The van der Waals surface area contributed by atoms with E-state index in [1.807, 2.05) is 36.1 Å². The molecule has 3 heterocycles. The molecule has 0 saturated carbocycles. The van der Waals surface area contributed by atoms with Crippen LogP contribution in [0.2, 0.25) is 0 Å². The van der Waals surface area contributed by atoms with Crippen molar-refractivity contribution < 1.29 is 9.21 Å². The molecule has 1 saturated heterocycles. The Bertz CT molecular complexity index is 691. The van der Waals surface area contributed by atoms with Crippen LogP contribution in [0, 0.1) is 12.3 Å². The average molecular weight is 372 g/mol. The summed E-state index contributed by atoms with van der Waals surface area (Å²) >= 11 is 0. The van der Waals surface area contributed by atoms with Crippen molar-refractivity contribution in [2.24, 2.45) is 11.1 Å². The minimum Gasteiger partial charge on any atom is -0.463 e. The van der Waals surface area contributed by atoms with Gasteiger partial charge in [-0.05, 0) is 49.6 Å². The second-order valence-electron chi connectivity index (χ2n) is 6.30. The molecule has 2 aromatic heterocycles. The van der Waals surface area contributed by atoms with Crippen LogP contribution in [0.5, 0.6) is 0 Å². The Morgan fingerprint density at radius 3 is 2.67 bits per heavy atom. The third-order valence-electron chi connectivity index (χ3n) is 4.43. The number of nitrogens with zero attached hydrogens (tertiary/aromatic N) is 2. The van der Waals surface area contributed by atoms with Crippen molar-refractivity contribution in [1.29, 1.82) is 0 Å². The number of furan rings is 1. The third kappa shape index (κ3) is 3.91. The summed E-state index contributed by atoms with van der Waals surface area (Å²) in [6.07, 6.45) is 2.56. The van der Waals surface area contributed by atoms with Gasteiger partial charge in [-0.1, -0.05) is 6.92 Å². The van der Waals surface area contributed by atoms with Gasteiger partial charge in [0.25, 0.3) is 5.91 Å². The average Bonchev–Trinajstić information content (AvgIpc) is 3.17. The number of carbonyl (C=O) groups excluding carboxylic acids is 1. The van der Waals surface area contributed by atoms with E-state index in [0.717, 1.165) is 24.4 Å². The van der Waals surface area contributed by atoms with E-state index in [1.165, 1.54) is 0 Å². The molecule has 0 aliphatic carbocycles. The van der Waals surface area contributed by atoms with Gasteiger partial charge in [-0.25, -0.2) is 4.98 Å². The summed E-state index contributed by atoms with van der Waals surface area (Å²) in [7, 11) is 0. The zero-order chi connectivity index (χ0) is 15.7. The van der Waals surface area contributed by atoms with E-state index in [0.29, 0.717) is 24.4 Å². The lowest BCUT2D eigenvalue weighted by Gasteiger charge is -2.23. The van der Waals surface area contributed by atoms with Gasteiger partial charge in [-0.15, -0.1) is 24.8 Å². The van der Waals surface area contributed by atoms with E-state index in [2.05, 4.69) is 11.9 Å². The third-order valence-corrected chi connectivity index (χ3v) is 4.43. The van der Waals surface area contributed by atoms with Crippen LogP contribution in [-0.2, 0) is 0 Å². The SMILES string of the molecule is Cc1nc(-c2ccco2)ccc1C(=O)N1CCC(C)(CN)C1.Cl.Cl. The van der Waals surface area contributed by atoms with Crippen molar-refractivity contribution in [3.8, 4) is 11.5 Å². The molecule has 1 amide bonds. The molecule has 5 nitrogen and oxygen atoms in total. The molecule has 1 aliphatic rings. The lowest BCUT2D eigenvalue weighted by molar-refractivity contribution is 0.0775. The highest BCUT2D eigenvalue weighted by Crippen LogP contribution is 2.30. The summed E-state index contributed by atoms with van der Waals surface area (Å²) in [6, 6.07) is 7.34. The molecule has 24 heavy (non-hydrogen) atoms. The molecule has 0 bridgehead atoms. The van der Waals surface area contributed by atoms with Crippen LogP contribution in [0.4, 0.5) is 0 Å². The van der Waals surface area contributed by atoms with Gasteiger partial charge < -0.3 is 15.1 Å². The number of rotatable bonds is 3. The molecule has 0 aromatic carbocycles. The van der Waals surface area contributed by atoms with Gasteiger partial charge in [0.05, 0.1) is 17.5 Å². The Kier molecular flexibility index (Phi) is 6.84. The number of hydrogen-bond acceptors (Lipinski definition) is 4. The van der Waals surface area contributed by atoms with E-state index in [1.54, 1.807) is 6.26 Å². The van der Waals surface area contributed by atoms with Gasteiger partial charge in [0, 0.05) is 13.1 Å². The maximum atomic E-state index is 12.7. The number of aromatic nitrogens is 1. The lowest BCUT2D eigenvalue weighted by Crippen LogP contribution is -2.34. The first kappa shape index (κ1) is 20.5. The van der Waals surface area contributed by atoms with E-state index in [9.17, 15) is 4.79 Å². The number of nitrogens with two attached hydrogens (primary N) is 1. The highest BCUT2D eigenvalue weighted by molar-refractivity contribution is 5.95. The summed E-state index contributed by atoms with van der Waals surface area (Å²) in [6.45, 7) is 6.06. The van der Waals surface area contributed by atoms with Crippen LogP contribution in [0.3, 0.4) is 0 Å². The van der Waals surface area contributed by atoms with Crippen molar-refractivity contribution in [2.45, 2.75) is 20.3 Å². The number of hydrogen-bond donors (Lipinski definition) is 1. The number of pyridine rings is 1. The van der Waals surface area contributed by atoms with Gasteiger partial charge in [-0.3, -0.25) is 4.79 Å². The Balaban J connectivity index is 0.00000144. The molecular weight excluding hydrogens is 349 g/mol. The van der Waals surface area contributed by atoms with Crippen molar-refractivity contribution in [3.63, 3.8) is 0 Å². The normalized spacial score (nSPS) is 19.5. The summed E-state index contributed by atoms with van der Waals surface area (Å²) in [5.74, 6) is 0.743. The first-order valence-corrected chi connectivity index (χ1v) is 7.53. The lowest BCUT2D eigenvalue weighted by atomic mass is 9.90. The molecule has 132 valence electrons. The standard InChI is InChI=1S/C17H21N3O2.2ClH/c1-12-13(5-6-14(19-12)15-4-3-9-22-15)16(21)20-8-7-17(2,10-18)11-20;;/h3-6,9H,7-8,10-11,18H2,1-2H3;2*1H. The van der Waals surface area contributed by atoms with Crippen LogP contribution in [-0.4, -0.2) is 35.4 Å². The van der Waals surface area contributed by atoms with Crippen molar-refractivity contribution in [3.05, 3.63) is 41.8 Å². The van der Waals surface area contributed by atoms with Crippen LogP contribution in [0.25, 0.3) is 11.5 Å². The Labute approximate surface area is 154 Å². The molecule has 2 aromatic rings. The molecule has 3 rings (SSSR count). The molecule has 1 aliphatic heterocycles.